The number of likely N-dealkylation sites (tertiary alicyclic amines) is 1. The first-order valence-electron chi connectivity index (χ1n) is 9.40. The Kier molecular flexibility index (Phi) is 4.84. The summed E-state index contributed by atoms with van der Waals surface area (Å²) in [5.41, 5.74) is 2.20. The molecule has 1 fully saturated rings. The Balaban J connectivity index is 1.50. The van der Waals surface area contributed by atoms with E-state index in [1.165, 1.54) is 19.3 Å². The topological polar surface area (TPSA) is 66.8 Å². The van der Waals surface area contributed by atoms with Gasteiger partial charge in [-0.25, -0.2) is 9.97 Å². The fraction of sp³-hybridized carbons (Fsp3) is 0.450. The lowest BCUT2D eigenvalue weighted by atomic mass is 9.99. The minimum absolute atomic E-state index is 0.0709. The van der Waals surface area contributed by atoms with E-state index in [2.05, 4.69) is 24.4 Å². The summed E-state index contributed by atoms with van der Waals surface area (Å²) in [5.74, 6) is 1.06. The van der Waals surface area contributed by atoms with Crippen molar-refractivity contribution in [3.63, 3.8) is 0 Å². The molecule has 1 aliphatic rings. The van der Waals surface area contributed by atoms with Crippen LogP contribution in [0.25, 0.3) is 11.0 Å². The summed E-state index contributed by atoms with van der Waals surface area (Å²) in [6.45, 7) is 4.65. The van der Waals surface area contributed by atoms with Crippen LogP contribution in [0.1, 0.15) is 37.2 Å². The third-order valence-electron chi connectivity index (χ3n) is 5.40. The summed E-state index contributed by atoms with van der Waals surface area (Å²) >= 11 is 0. The molecule has 1 saturated heterocycles. The van der Waals surface area contributed by atoms with Crippen LogP contribution < -0.4 is 5.56 Å². The van der Waals surface area contributed by atoms with Crippen LogP contribution in [0.4, 0.5) is 0 Å². The summed E-state index contributed by atoms with van der Waals surface area (Å²) in [4.78, 5) is 26.8. The van der Waals surface area contributed by atoms with E-state index in [0.717, 1.165) is 36.4 Å². The Labute approximate surface area is 152 Å². The standard InChI is InChI=1S/C20H25N5O/c1-15-21-10-13-24(15)12-9-16-6-4-5-11-25(16)14-19-20(26)23-18-8-3-2-7-17(18)22-19/h2-3,7-8,10,13,16H,4-6,9,11-12,14H2,1H3,(H,23,26)/t16-/m0/s1. The van der Waals surface area contributed by atoms with Gasteiger partial charge >= 0.3 is 0 Å². The van der Waals surface area contributed by atoms with Crippen LogP contribution in [0.3, 0.4) is 0 Å². The number of nitrogens with one attached hydrogen (secondary N) is 1. The van der Waals surface area contributed by atoms with Crippen molar-refractivity contribution in [1.82, 2.24) is 24.4 Å². The van der Waals surface area contributed by atoms with E-state index in [1.807, 2.05) is 43.6 Å². The number of aromatic nitrogens is 4. The molecular weight excluding hydrogens is 326 g/mol. The van der Waals surface area contributed by atoms with Gasteiger partial charge < -0.3 is 9.55 Å². The zero-order chi connectivity index (χ0) is 17.9. The van der Waals surface area contributed by atoms with E-state index < -0.39 is 0 Å². The number of rotatable bonds is 5. The summed E-state index contributed by atoms with van der Waals surface area (Å²) in [6, 6.07) is 8.19. The molecule has 0 aliphatic carbocycles. The summed E-state index contributed by atoms with van der Waals surface area (Å²) in [7, 11) is 0. The van der Waals surface area contributed by atoms with Crippen LogP contribution in [0.15, 0.2) is 41.5 Å². The van der Waals surface area contributed by atoms with Gasteiger partial charge in [-0.3, -0.25) is 9.69 Å². The van der Waals surface area contributed by atoms with Gasteiger partial charge in [0.15, 0.2) is 0 Å². The van der Waals surface area contributed by atoms with E-state index in [9.17, 15) is 4.79 Å². The Morgan fingerprint density at radius 3 is 3.00 bits per heavy atom. The largest absolute Gasteiger partial charge is 0.335 e. The number of para-hydroxylation sites is 2. The monoisotopic (exact) mass is 351 g/mol. The van der Waals surface area contributed by atoms with Crippen molar-refractivity contribution < 1.29 is 0 Å². The third-order valence-corrected chi connectivity index (χ3v) is 5.40. The molecule has 6 nitrogen and oxygen atoms in total. The van der Waals surface area contributed by atoms with Crippen molar-refractivity contribution >= 4 is 11.0 Å². The molecule has 0 unspecified atom stereocenters. The van der Waals surface area contributed by atoms with Crippen molar-refractivity contribution in [2.75, 3.05) is 6.54 Å². The zero-order valence-electron chi connectivity index (χ0n) is 15.2. The molecule has 1 aliphatic heterocycles. The van der Waals surface area contributed by atoms with Crippen molar-refractivity contribution in [3.8, 4) is 0 Å². The van der Waals surface area contributed by atoms with E-state index in [1.54, 1.807) is 0 Å². The van der Waals surface area contributed by atoms with Gasteiger partial charge in [0.2, 0.25) is 0 Å². The second-order valence-electron chi connectivity index (χ2n) is 7.11. The fourth-order valence-corrected chi connectivity index (χ4v) is 3.89. The number of piperidine rings is 1. The fourth-order valence-electron chi connectivity index (χ4n) is 3.89. The molecule has 4 rings (SSSR count). The quantitative estimate of drug-likeness (QED) is 0.767. The van der Waals surface area contributed by atoms with Gasteiger partial charge in [0.05, 0.1) is 11.0 Å². The maximum Gasteiger partial charge on any atom is 0.271 e. The van der Waals surface area contributed by atoms with Crippen molar-refractivity contribution in [2.24, 2.45) is 0 Å². The van der Waals surface area contributed by atoms with Gasteiger partial charge in [-0.1, -0.05) is 18.6 Å². The SMILES string of the molecule is Cc1nccn1CC[C@@H]1CCCCN1Cc1nc2ccccc2[nH]c1=O. The number of fused-ring (bicyclic) bond motifs is 1. The first-order valence-corrected chi connectivity index (χ1v) is 9.40. The number of nitrogens with zero attached hydrogens (tertiary/aromatic N) is 4. The molecular formula is C20H25N5O. The van der Waals surface area contributed by atoms with Crippen LogP contribution in [0.5, 0.6) is 0 Å². The minimum atomic E-state index is -0.0709. The number of hydrogen-bond donors (Lipinski definition) is 1. The molecule has 136 valence electrons. The third kappa shape index (κ3) is 3.55. The van der Waals surface area contributed by atoms with Gasteiger partial charge in [0.1, 0.15) is 11.5 Å². The highest BCUT2D eigenvalue weighted by Crippen LogP contribution is 2.22. The number of benzene rings is 1. The highest BCUT2D eigenvalue weighted by molar-refractivity contribution is 5.73. The van der Waals surface area contributed by atoms with Crippen molar-refractivity contribution in [2.45, 2.75) is 51.7 Å². The number of imidazole rings is 1. The van der Waals surface area contributed by atoms with Gasteiger partial charge in [-0.15, -0.1) is 0 Å². The van der Waals surface area contributed by atoms with Crippen molar-refractivity contribution in [1.29, 1.82) is 0 Å². The first kappa shape index (κ1) is 17.0. The lowest BCUT2D eigenvalue weighted by Crippen LogP contribution is -2.41. The van der Waals surface area contributed by atoms with E-state index in [-0.39, 0.29) is 5.56 Å². The van der Waals surface area contributed by atoms with Gasteiger partial charge in [0.25, 0.3) is 5.56 Å². The molecule has 26 heavy (non-hydrogen) atoms. The van der Waals surface area contributed by atoms with E-state index in [0.29, 0.717) is 18.3 Å². The van der Waals surface area contributed by atoms with Crippen LogP contribution in [0, 0.1) is 6.92 Å². The Bertz CT molecular complexity index is 945. The lowest BCUT2D eigenvalue weighted by molar-refractivity contribution is 0.126. The molecule has 0 radical (unpaired) electrons. The first-order chi connectivity index (χ1) is 12.7. The molecule has 6 heteroatoms. The van der Waals surface area contributed by atoms with Gasteiger partial charge in [-0.05, 0) is 44.9 Å². The minimum Gasteiger partial charge on any atom is -0.335 e. The molecule has 1 N–H and O–H groups in total. The maximum atomic E-state index is 12.4. The second-order valence-corrected chi connectivity index (χ2v) is 7.11. The summed E-state index contributed by atoms with van der Waals surface area (Å²) < 4.78 is 2.20. The Hall–Kier alpha value is -2.47. The molecule has 0 spiro atoms. The molecule has 0 amide bonds. The number of aryl methyl sites for hydroxylation is 2. The number of aromatic amines is 1. The van der Waals surface area contributed by atoms with Crippen LogP contribution in [0.2, 0.25) is 0 Å². The Morgan fingerprint density at radius 2 is 2.15 bits per heavy atom. The normalized spacial score (nSPS) is 18.4. The predicted molar refractivity (Wildman–Crippen MR) is 102 cm³/mol. The zero-order valence-corrected chi connectivity index (χ0v) is 15.2. The second kappa shape index (κ2) is 7.41. The van der Waals surface area contributed by atoms with Crippen LogP contribution in [-0.4, -0.2) is 37.0 Å². The average Bonchev–Trinajstić information content (AvgIpc) is 3.06. The number of H-pyrrole nitrogens is 1. The highest BCUT2D eigenvalue weighted by Gasteiger charge is 2.24. The van der Waals surface area contributed by atoms with Crippen LogP contribution in [-0.2, 0) is 13.1 Å². The molecule has 2 aromatic heterocycles. The molecule has 1 aromatic carbocycles. The van der Waals surface area contributed by atoms with Gasteiger partial charge in [0, 0.05) is 31.5 Å². The predicted octanol–water partition coefficient (Wildman–Crippen LogP) is 2.87. The highest BCUT2D eigenvalue weighted by atomic mass is 16.1. The molecule has 0 saturated carbocycles. The molecule has 0 bridgehead atoms. The van der Waals surface area contributed by atoms with Gasteiger partial charge in [-0.2, -0.15) is 0 Å². The van der Waals surface area contributed by atoms with E-state index in [4.69, 9.17) is 0 Å². The Morgan fingerprint density at radius 1 is 1.27 bits per heavy atom. The van der Waals surface area contributed by atoms with Crippen molar-refractivity contribution in [3.05, 3.63) is 58.5 Å². The molecule has 1 atom stereocenters. The average molecular weight is 351 g/mol. The molecule has 3 aromatic rings. The summed E-state index contributed by atoms with van der Waals surface area (Å²) in [5, 5.41) is 0. The smallest absolute Gasteiger partial charge is 0.271 e. The van der Waals surface area contributed by atoms with Crippen LogP contribution >= 0.6 is 0 Å². The lowest BCUT2D eigenvalue weighted by Gasteiger charge is -2.35. The maximum absolute atomic E-state index is 12.4. The summed E-state index contributed by atoms with van der Waals surface area (Å²) in [6.07, 6.45) is 8.59. The molecule has 3 heterocycles. The van der Waals surface area contributed by atoms with E-state index >= 15 is 0 Å². The number of hydrogen-bond acceptors (Lipinski definition) is 4.